The number of ketones is 1. The summed E-state index contributed by atoms with van der Waals surface area (Å²) < 4.78 is 26.0. The zero-order valence-electron chi connectivity index (χ0n) is 13.6. The van der Waals surface area contributed by atoms with Crippen LogP contribution in [0.5, 0.6) is 0 Å². The number of rotatable bonds is 3. The van der Waals surface area contributed by atoms with Gasteiger partial charge in [0.25, 0.3) is 0 Å². The summed E-state index contributed by atoms with van der Waals surface area (Å²) in [5.74, 6) is 0.0454. The molecule has 4 heteroatoms. The zero-order chi connectivity index (χ0) is 17.3. The Morgan fingerprint density at radius 3 is 1.75 bits per heavy atom. The lowest BCUT2D eigenvalue weighted by atomic mass is 10.0. The van der Waals surface area contributed by atoms with E-state index in [4.69, 9.17) is 0 Å². The maximum atomic E-state index is 13.0. The molecular formula is C20H18O3S. The van der Waals surface area contributed by atoms with Crippen molar-refractivity contribution >= 4 is 25.4 Å². The van der Waals surface area contributed by atoms with E-state index in [2.05, 4.69) is 13.8 Å². The first-order chi connectivity index (χ1) is 11.4. The second kappa shape index (κ2) is 6.21. The van der Waals surface area contributed by atoms with Crippen molar-refractivity contribution in [2.24, 2.45) is 0 Å². The monoisotopic (exact) mass is 338 g/mol. The van der Waals surface area contributed by atoms with Gasteiger partial charge in [0.2, 0.25) is 9.84 Å². The lowest BCUT2D eigenvalue weighted by Crippen LogP contribution is -2.13. The molecule has 0 atom stereocenters. The zero-order valence-corrected chi connectivity index (χ0v) is 14.4. The average molecular weight is 338 g/mol. The van der Waals surface area contributed by atoms with Crippen LogP contribution in [-0.2, 0) is 14.6 Å². The summed E-state index contributed by atoms with van der Waals surface area (Å²) in [6.45, 7) is 4.15. The van der Waals surface area contributed by atoms with E-state index in [1.165, 1.54) is 12.2 Å². The van der Waals surface area contributed by atoms with Gasteiger partial charge in [-0.1, -0.05) is 68.4 Å². The molecule has 1 aliphatic rings. The summed E-state index contributed by atoms with van der Waals surface area (Å²) in [7, 11) is -3.74. The first-order valence-electron chi connectivity index (χ1n) is 7.78. The summed E-state index contributed by atoms with van der Waals surface area (Å²) in [5, 5.41) is 0. The highest BCUT2D eigenvalue weighted by Crippen LogP contribution is 2.36. The molecule has 2 aromatic carbocycles. The minimum atomic E-state index is -3.74. The Kier molecular flexibility index (Phi) is 4.24. The molecule has 0 saturated carbocycles. The maximum absolute atomic E-state index is 13.0. The topological polar surface area (TPSA) is 51.2 Å². The normalized spacial score (nSPS) is 16.7. The standard InChI is InChI=1S/C20H18O3S/c1-14(2)15-8-10-17(11-9-15)20-13-18(21)12-19(24(20,22)23)16-6-4-3-5-7-16/h3-14H,1-2H3. The fraction of sp³-hybridized carbons (Fsp3) is 0.150. The molecule has 1 heterocycles. The number of carbonyl (C=O) groups is 1. The van der Waals surface area contributed by atoms with E-state index in [9.17, 15) is 13.2 Å². The first kappa shape index (κ1) is 16.4. The quantitative estimate of drug-likeness (QED) is 0.843. The molecule has 0 radical (unpaired) electrons. The molecule has 0 spiro atoms. The maximum Gasteiger partial charge on any atom is 0.208 e. The predicted octanol–water partition coefficient (Wildman–Crippen LogP) is 4.19. The van der Waals surface area contributed by atoms with Crippen molar-refractivity contribution < 1.29 is 13.2 Å². The third-order valence-corrected chi connectivity index (χ3v) is 5.91. The van der Waals surface area contributed by atoms with Gasteiger partial charge in [0, 0.05) is 12.2 Å². The second-order valence-electron chi connectivity index (χ2n) is 6.07. The smallest absolute Gasteiger partial charge is 0.208 e. The molecular weight excluding hydrogens is 320 g/mol. The molecule has 1 aliphatic heterocycles. The van der Waals surface area contributed by atoms with Crippen molar-refractivity contribution in [3.05, 3.63) is 83.4 Å². The van der Waals surface area contributed by atoms with E-state index in [0.29, 0.717) is 17.0 Å². The Hall–Kier alpha value is -2.46. The molecule has 0 saturated heterocycles. The second-order valence-corrected chi connectivity index (χ2v) is 7.95. The van der Waals surface area contributed by atoms with Crippen LogP contribution in [0.1, 0.15) is 36.5 Å². The largest absolute Gasteiger partial charge is 0.290 e. The number of allylic oxidation sites excluding steroid dienone is 2. The highest BCUT2D eigenvalue weighted by atomic mass is 32.2. The van der Waals surface area contributed by atoms with Crippen molar-refractivity contribution in [2.75, 3.05) is 0 Å². The Bertz CT molecular complexity index is 932. The Balaban J connectivity index is 2.08. The Morgan fingerprint density at radius 1 is 0.750 bits per heavy atom. The predicted molar refractivity (Wildman–Crippen MR) is 96.9 cm³/mol. The Labute approximate surface area is 142 Å². The molecule has 3 nitrogen and oxygen atoms in total. The van der Waals surface area contributed by atoms with Crippen molar-refractivity contribution in [3.63, 3.8) is 0 Å². The molecule has 122 valence electrons. The van der Waals surface area contributed by atoms with Gasteiger partial charge in [-0.05, 0) is 22.6 Å². The van der Waals surface area contributed by atoms with Gasteiger partial charge in [-0.2, -0.15) is 0 Å². The van der Waals surface area contributed by atoms with Crippen LogP contribution < -0.4 is 0 Å². The van der Waals surface area contributed by atoms with Gasteiger partial charge in [-0.25, -0.2) is 8.42 Å². The number of carbonyl (C=O) groups excluding carboxylic acids is 1. The van der Waals surface area contributed by atoms with Crippen LogP contribution in [0.25, 0.3) is 9.81 Å². The molecule has 0 N–H and O–H groups in total. The SMILES string of the molecule is CC(C)c1ccc(C2=CC(=O)C=C(c3ccccc3)S2(=O)=O)cc1. The highest BCUT2D eigenvalue weighted by molar-refractivity contribution is 8.09. The van der Waals surface area contributed by atoms with Gasteiger partial charge in [-0.15, -0.1) is 0 Å². The molecule has 0 unspecified atom stereocenters. The molecule has 0 amide bonds. The van der Waals surface area contributed by atoms with Crippen molar-refractivity contribution in [3.8, 4) is 0 Å². The van der Waals surface area contributed by atoms with Crippen LogP contribution in [0, 0.1) is 0 Å². The molecule has 0 aromatic heterocycles. The van der Waals surface area contributed by atoms with E-state index < -0.39 is 9.84 Å². The van der Waals surface area contributed by atoms with Gasteiger partial charge in [0.15, 0.2) is 5.78 Å². The Morgan fingerprint density at radius 2 is 1.25 bits per heavy atom. The molecule has 0 bridgehead atoms. The summed E-state index contributed by atoms with van der Waals surface area (Å²) in [6, 6.07) is 16.0. The fourth-order valence-corrected chi connectivity index (χ4v) is 4.36. The van der Waals surface area contributed by atoms with Crippen molar-refractivity contribution in [1.82, 2.24) is 0 Å². The van der Waals surface area contributed by atoms with Gasteiger partial charge in [0.05, 0.1) is 9.81 Å². The first-order valence-corrected chi connectivity index (χ1v) is 9.26. The number of benzene rings is 2. The van der Waals surface area contributed by atoms with E-state index in [1.54, 1.807) is 36.4 Å². The van der Waals surface area contributed by atoms with E-state index in [0.717, 1.165) is 5.56 Å². The molecule has 2 aromatic rings. The van der Waals surface area contributed by atoms with Gasteiger partial charge >= 0.3 is 0 Å². The van der Waals surface area contributed by atoms with E-state index >= 15 is 0 Å². The van der Waals surface area contributed by atoms with Crippen LogP contribution in [0.15, 0.2) is 66.7 Å². The third kappa shape index (κ3) is 2.97. The minimum Gasteiger partial charge on any atom is -0.290 e. The number of sulfone groups is 1. The highest BCUT2D eigenvalue weighted by Gasteiger charge is 2.30. The third-order valence-electron chi connectivity index (χ3n) is 4.05. The number of hydrogen-bond acceptors (Lipinski definition) is 3. The number of hydrogen-bond donors (Lipinski definition) is 0. The summed E-state index contributed by atoms with van der Waals surface area (Å²) in [6.07, 6.45) is 2.39. The van der Waals surface area contributed by atoms with Gasteiger partial charge in [0.1, 0.15) is 0 Å². The molecule has 24 heavy (non-hydrogen) atoms. The lowest BCUT2D eigenvalue weighted by molar-refractivity contribution is -0.110. The van der Waals surface area contributed by atoms with Crippen LogP contribution in [0.2, 0.25) is 0 Å². The van der Waals surface area contributed by atoms with Gasteiger partial charge < -0.3 is 0 Å². The average Bonchev–Trinajstić information content (AvgIpc) is 2.57. The van der Waals surface area contributed by atoms with Crippen LogP contribution in [-0.4, -0.2) is 14.2 Å². The summed E-state index contributed by atoms with van der Waals surface area (Å²) >= 11 is 0. The van der Waals surface area contributed by atoms with Crippen molar-refractivity contribution in [2.45, 2.75) is 19.8 Å². The van der Waals surface area contributed by atoms with Crippen LogP contribution >= 0.6 is 0 Å². The summed E-state index contributed by atoms with van der Waals surface area (Å²) in [5.41, 5.74) is 2.18. The van der Waals surface area contributed by atoms with Gasteiger partial charge in [-0.3, -0.25) is 4.79 Å². The molecule has 0 fully saturated rings. The molecule has 3 rings (SSSR count). The summed E-state index contributed by atoms with van der Waals surface area (Å²) in [4.78, 5) is 12.2. The lowest BCUT2D eigenvalue weighted by Gasteiger charge is -2.17. The fourth-order valence-electron chi connectivity index (χ4n) is 2.69. The van der Waals surface area contributed by atoms with Crippen LogP contribution in [0.4, 0.5) is 0 Å². The van der Waals surface area contributed by atoms with E-state index in [1.807, 2.05) is 18.2 Å². The van der Waals surface area contributed by atoms with Crippen LogP contribution in [0.3, 0.4) is 0 Å². The van der Waals surface area contributed by atoms with Crippen molar-refractivity contribution in [1.29, 1.82) is 0 Å². The van der Waals surface area contributed by atoms with E-state index in [-0.39, 0.29) is 15.6 Å². The molecule has 0 aliphatic carbocycles. The minimum absolute atomic E-state index is 0.0542.